The summed E-state index contributed by atoms with van der Waals surface area (Å²) in [5.41, 5.74) is 1.75. The van der Waals surface area contributed by atoms with E-state index in [1.807, 2.05) is 12.1 Å². The zero-order valence-electron chi connectivity index (χ0n) is 13.0. The Bertz CT molecular complexity index is 921. The number of carbonyl (C=O) groups is 1. The highest BCUT2D eigenvalue weighted by atomic mass is 19.1. The first-order valence-electron chi connectivity index (χ1n) is 7.58. The molecule has 0 saturated carbocycles. The molecule has 1 aromatic heterocycles. The zero-order chi connectivity index (χ0) is 17.2. The minimum atomic E-state index is -0.388. The van der Waals surface area contributed by atoms with Gasteiger partial charge in [-0.1, -0.05) is 5.16 Å². The van der Waals surface area contributed by atoms with E-state index in [-0.39, 0.29) is 25.1 Å². The summed E-state index contributed by atoms with van der Waals surface area (Å²) in [6, 6.07) is 12.5. The van der Waals surface area contributed by atoms with E-state index in [0.717, 1.165) is 5.56 Å². The number of benzene rings is 2. The molecular weight excluding hydrogens is 327 g/mol. The van der Waals surface area contributed by atoms with Gasteiger partial charge in [0.2, 0.25) is 6.79 Å². The van der Waals surface area contributed by atoms with Crippen LogP contribution in [0, 0.1) is 5.82 Å². The fourth-order valence-electron chi connectivity index (χ4n) is 2.46. The van der Waals surface area contributed by atoms with Crippen LogP contribution < -0.4 is 14.8 Å². The average Bonchev–Trinajstić information content (AvgIpc) is 3.28. The lowest BCUT2D eigenvalue weighted by Gasteiger charge is -2.02. The number of nitrogens with zero attached hydrogens (tertiary/aromatic N) is 1. The third-order valence-electron chi connectivity index (χ3n) is 3.75. The van der Waals surface area contributed by atoms with Gasteiger partial charge in [0.15, 0.2) is 17.3 Å². The zero-order valence-corrected chi connectivity index (χ0v) is 13.0. The van der Waals surface area contributed by atoms with Crippen molar-refractivity contribution in [1.82, 2.24) is 10.5 Å². The van der Waals surface area contributed by atoms with Crippen LogP contribution in [0.2, 0.25) is 0 Å². The number of nitrogens with one attached hydrogen (secondary N) is 1. The third-order valence-corrected chi connectivity index (χ3v) is 3.75. The number of amides is 1. The monoisotopic (exact) mass is 340 g/mol. The number of ether oxygens (including phenoxy) is 2. The van der Waals surface area contributed by atoms with Crippen molar-refractivity contribution in [2.45, 2.75) is 6.54 Å². The lowest BCUT2D eigenvalue weighted by molar-refractivity contribution is 0.0950. The molecule has 0 unspecified atom stereocenters. The van der Waals surface area contributed by atoms with E-state index in [0.29, 0.717) is 28.5 Å². The first-order valence-corrected chi connectivity index (χ1v) is 7.58. The third kappa shape index (κ3) is 3.16. The maximum Gasteiger partial charge on any atom is 0.251 e. The van der Waals surface area contributed by atoms with Crippen LogP contribution in [0.3, 0.4) is 0 Å². The maximum absolute atomic E-state index is 12.9. The van der Waals surface area contributed by atoms with Crippen LogP contribution >= 0.6 is 0 Å². The van der Waals surface area contributed by atoms with Crippen LogP contribution in [0.1, 0.15) is 16.1 Å². The summed E-state index contributed by atoms with van der Waals surface area (Å²) in [4.78, 5) is 12.0. The van der Waals surface area contributed by atoms with Crippen molar-refractivity contribution in [3.05, 3.63) is 65.6 Å². The molecular formula is C18H13FN2O4. The fourth-order valence-corrected chi connectivity index (χ4v) is 2.46. The molecule has 0 radical (unpaired) electrons. The molecule has 2 aromatic carbocycles. The predicted octanol–water partition coefficient (Wildman–Crippen LogP) is 3.14. The topological polar surface area (TPSA) is 73.6 Å². The number of hydrogen-bond acceptors (Lipinski definition) is 5. The molecule has 0 spiro atoms. The SMILES string of the molecule is O=C(NCc1cc(-c2ccc3c(c2)OCO3)on1)c1ccc(F)cc1. The highest BCUT2D eigenvalue weighted by molar-refractivity contribution is 5.94. The van der Waals surface area contributed by atoms with E-state index < -0.39 is 0 Å². The van der Waals surface area contributed by atoms with Crippen LogP contribution in [0.15, 0.2) is 53.1 Å². The maximum atomic E-state index is 12.9. The molecule has 126 valence electrons. The van der Waals surface area contributed by atoms with Gasteiger partial charge in [0.1, 0.15) is 11.5 Å². The molecule has 0 saturated heterocycles. The van der Waals surface area contributed by atoms with Gasteiger partial charge in [0, 0.05) is 17.2 Å². The van der Waals surface area contributed by atoms with Crippen LogP contribution in [0.5, 0.6) is 11.5 Å². The van der Waals surface area contributed by atoms with Crippen molar-refractivity contribution in [2.75, 3.05) is 6.79 Å². The first-order chi connectivity index (χ1) is 12.2. The fraction of sp³-hybridized carbons (Fsp3) is 0.111. The van der Waals surface area contributed by atoms with Gasteiger partial charge in [-0.3, -0.25) is 4.79 Å². The summed E-state index contributed by atoms with van der Waals surface area (Å²) in [6.07, 6.45) is 0. The largest absolute Gasteiger partial charge is 0.454 e. The van der Waals surface area contributed by atoms with Gasteiger partial charge in [-0.05, 0) is 42.5 Å². The van der Waals surface area contributed by atoms with E-state index in [1.165, 1.54) is 24.3 Å². The molecule has 7 heteroatoms. The molecule has 0 fully saturated rings. The standard InChI is InChI=1S/C18H13FN2O4/c19-13-4-1-11(2-5-13)18(22)20-9-14-8-16(25-21-14)12-3-6-15-17(7-12)24-10-23-15/h1-8H,9-10H2,(H,20,22). The Morgan fingerprint density at radius 3 is 2.72 bits per heavy atom. The van der Waals surface area contributed by atoms with Gasteiger partial charge in [0.25, 0.3) is 5.91 Å². The predicted molar refractivity (Wildman–Crippen MR) is 85.6 cm³/mol. The van der Waals surface area contributed by atoms with Crippen LogP contribution in [-0.2, 0) is 6.54 Å². The number of halogens is 1. The highest BCUT2D eigenvalue weighted by Gasteiger charge is 2.16. The summed E-state index contributed by atoms with van der Waals surface area (Å²) in [7, 11) is 0. The Labute approximate surface area is 142 Å². The van der Waals surface area contributed by atoms with Crippen molar-refractivity contribution in [3.8, 4) is 22.8 Å². The second-order valence-corrected chi connectivity index (χ2v) is 5.44. The molecule has 2 heterocycles. The minimum Gasteiger partial charge on any atom is -0.454 e. The van der Waals surface area contributed by atoms with Gasteiger partial charge in [-0.15, -0.1) is 0 Å². The van der Waals surface area contributed by atoms with Gasteiger partial charge < -0.3 is 19.3 Å². The van der Waals surface area contributed by atoms with E-state index in [1.54, 1.807) is 12.1 Å². The molecule has 1 aliphatic heterocycles. The van der Waals surface area contributed by atoms with Crippen LogP contribution in [0.25, 0.3) is 11.3 Å². The molecule has 0 atom stereocenters. The number of rotatable bonds is 4. The van der Waals surface area contributed by atoms with E-state index >= 15 is 0 Å². The molecule has 1 amide bonds. The van der Waals surface area contributed by atoms with Crippen molar-refractivity contribution in [3.63, 3.8) is 0 Å². The van der Waals surface area contributed by atoms with E-state index in [4.69, 9.17) is 14.0 Å². The lowest BCUT2D eigenvalue weighted by atomic mass is 10.1. The summed E-state index contributed by atoms with van der Waals surface area (Å²) < 4.78 is 28.8. The minimum absolute atomic E-state index is 0.199. The van der Waals surface area contributed by atoms with E-state index in [9.17, 15) is 9.18 Å². The summed E-state index contributed by atoms with van der Waals surface area (Å²) in [5, 5.41) is 6.66. The normalized spacial score (nSPS) is 12.2. The van der Waals surface area contributed by atoms with E-state index in [2.05, 4.69) is 10.5 Å². The highest BCUT2D eigenvalue weighted by Crippen LogP contribution is 2.35. The quantitative estimate of drug-likeness (QED) is 0.790. The Morgan fingerprint density at radius 1 is 1.08 bits per heavy atom. The van der Waals surface area contributed by atoms with Gasteiger partial charge >= 0.3 is 0 Å². The van der Waals surface area contributed by atoms with Crippen molar-refractivity contribution >= 4 is 5.91 Å². The molecule has 0 bridgehead atoms. The number of hydrogen-bond donors (Lipinski definition) is 1. The van der Waals surface area contributed by atoms with Gasteiger partial charge in [-0.25, -0.2) is 4.39 Å². The second-order valence-electron chi connectivity index (χ2n) is 5.44. The van der Waals surface area contributed by atoms with Crippen LogP contribution in [0.4, 0.5) is 4.39 Å². The Hall–Kier alpha value is -3.35. The molecule has 6 nitrogen and oxygen atoms in total. The number of aromatic nitrogens is 1. The summed E-state index contributed by atoms with van der Waals surface area (Å²) in [5.74, 6) is 1.20. The van der Waals surface area contributed by atoms with Crippen molar-refractivity contribution < 1.29 is 23.2 Å². The second kappa shape index (κ2) is 6.27. The summed E-state index contributed by atoms with van der Waals surface area (Å²) in [6.45, 7) is 0.403. The van der Waals surface area contributed by atoms with Gasteiger partial charge in [0.05, 0.1) is 6.54 Å². The molecule has 3 aromatic rings. The molecule has 1 N–H and O–H groups in total. The Morgan fingerprint density at radius 2 is 1.88 bits per heavy atom. The molecule has 1 aliphatic rings. The van der Waals surface area contributed by atoms with Crippen molar-refractivity contribution in [1.29, 1.82) is 0 Å². The first kappa shape index (κ1) is 15.2. The summed E-state index contributed by atoms with van der Waals surface area (Å²) >= 11 is 0. The Kier molecular flexibility index (Phi) is 3.81. The van der Waals surface area contributed by atoms with Crippen LogP contribution in [-0.4, -0.2) is 17.9 Å². The molecule has 0 aliphatic carbocycles. The smallest absolute Gasteiger partial charge is 0.251 e. The average molecular weight is 340 g/mol. The number of fused-ring (bicyclic) bond motifs is 1. The molecule has 25 heavy (non-hydrogen) atoms. The molecule has 4 rings (SSSR count). The van der Waals surface area contributed by atoms with Gasteiger partial charge in [-0.2, -0.15) is 0 Å². The lowest BCUT2D eigenvalue weighted by Crippen LogP contribution is -2.22. The number of carbonyl (C=O) groups excluding carboxylic acids is 1. The Balaban J connectivity index is 1.43. The van der Waals surface area contributed by atoms with Crippen molar-refractivity contribution in [2.24, 2.45) is 0 Å².